The number of anilines is 1. The van der Waals surface area contributed by atoms with Crippen LogP contribution < -0.4 is 10.2 Å². The van der Waals surface area contributed by atoms with E-state index in [1.807, 2.05) is 0 Å². The fraction of sp³-hybridized carbons (Fsp3) is 0.625. The van der Waals surface area contributed by atoms with Crippen LogP contribution in [0.25, 0.3) is 0 Å². The Bertz CT molecular complexity index is 451. The lowest BCUT2D eigenvalue weighted by Gasteiger charge is -2.36. The van der Waals surface area contributed by atoms with Crippen LogP contribution in [0.4, 0.5) is 5.69 Å². The van der Waals surface area contributed by atoms with Gasteiger partial charge < -0.3 is 19.9 Å². The van der Waals surface area contributed by atoms with Gasteiger partial charge in [0.05, 0.1) is 6.61 Å². The van der Waals surface area contributed by atoms with Crippen LogP contribution in [-0.4, -0.2) is 64.6 Å². The first-order valence-corrected chi connectivity index (χ1v) is 8.65. The highest BCUT2D eigenvalue weighted by Gasteiger charge is 2.21. The standard InChI is InChI=1S/C16H27N3OS/c1-18(2)10-13-9-15(21-4)5-6-16(13)19-8-7-17-14(11-19)12-20-3/h5-6,9,14,17H,7-8,10-12H2,1-4H3. The maximum Gasteiger partial charge on any atom is 0.0633 e. The maximum absolute atomic E-state index is 5.30. The second-order valence-corrected chi connectivity index (χ2v) is 6.66. The topological polar surface area (TPSA) is 27.7 Å². The highest BCUT2D eigenvalue weighted by Crippen LogP contribution is 2.27. The van der Waals surface area contributed by atoms with Crippen molar-refractivity contribution in [2.75, 3.05) is 58.6 Å². The van der Waals surface area contributed by atoms with Gasteiger partial charge in [0.15, 0.2) is 0 Å². The minimum atomic E-state index is 0.413. The average Bonchev–Trinajstić information content (AvgIpc) is 2.47. The molecule has 21 heavy (non-hydrogen) atoms. The number of nitrogens with zero attached hydrogens (tertiary/aromatic N) is 2. The molecule has 0 bridgehead atoms. The molecule has 0 amide bonds. The molecule has 1 aromatic carbocycles. The molecule has 1 aromatic rings. The van der Waals surface area contributed by atoms with Crippen LogP contribution in [0.1, 0.15) is 5.56 Å². The first-order valence-electron chi connectivity index (χ1n) is 7.43. The zero-order valence-electron chi connectivity index (χ0n) is 13.6. The van der Waals surface area contributed by atoms with Crippen molar-refractivity contribution < 1.29 is 4.74 Å². The van der Waals surface area contributed by atoms with Gasteiger partial charge in [-0.3, -0.25) is 0 Å². The maximum atomic E-state index is 5.30. The Hall–Kier alpha value is -0.750. The van der Waals surface area contributed by atoms with Crippen molar-refractivity contribution >= 4 is 17.4 Å². The van der Waals surface area contributed by atoms with Gasteiger partial charge in [-0.25, -0.2) is 0 Å². The molecule has 0 aliphatic carbocycles. The van der Waals surface area contributed by atoms with E-state index in [1.165, 1.54) is 16.1 Å². The summed E-state index contributed by atoms with van der Waals surface area (Å²) in [6.45, 7) is 4.82. The Morgan fingerprint density at radius 3 is 2.90 bits per heavy atom. The molecule has 1 heterocycles. The minimum Gasteiger partial charge on any atom is -0.383 e. The van der Waals surface area contributed by atoms with Crippen molar-refractivity contribution in [3.63, 3.8) is 0 Å². The van der Waals surface area contributed by atoms with Crippen LogP contribution >= 0.6 is 11.8 Å². The van der Waals surface area contributed by atoms with Gasteiger partial charge in [-0.05, 0) is 44.1 Å². The van der Waals surface area contributed by atoms with E-state index in [4.69, 9.17) is 4.74 Å². The largest absolute Gasteiger partial charge is 0.383 e. The highest BCUT2D eigenvalue weighted by molar-refractivity contribution is 7.98. The molecule has 118 valence electrons. The van der Waals surface area contributed by atoms with Gasteiger partial charge in [0, 0.05) is 49.9 Å². The monoisotopic (exact) mass is 309 g/mol. The number of hydrogen-bond donors (Lipinski definition) is 1. The molecule has 5 heteroatoms. The summed E-state index contributed by atoms with van der Waals surface area (Å²) >= 11 is 1.80. The SMILES string of the molecule is COCC1CN(c2ccc(SC)cc2CN(C)C)CCN1. The van der Waals surface area contributed by atoms with Crippen LogP contribution in [0, 0.1) is 0 Å². The van der Waals surface area contributed by atoms with Crippen molar-refractivity contribution in [1.82, 2.24) is 10.2 Å². The zero-order valence-corrected chi connectivity index (χ0v) is 14.4. The number of ether oxygens (including phenoxy) is 1. The van der Waals surface area contributed by atoms with E-state index < -0.39 is 0 Å². The van der Waals surface area contributed by atoms with Crippen LogP contribution in [0.15, 0.2) is 23.1 Å². The van der Waals surface area contributed by atoms with Crippen LogP contribution in [0.3, 0.4) is 0 Å². The van der Waals surface area contributed by atoms with Crippen molar-refractivity contribution in [2.24, 2.45) is 0 Å². The first kappa shape index (κ1) is 16.6. The van der Waals surface area contributed by atoms with E-state index in [0.29, 0.717) is 6.04 Å². The third-order valence-corrected chi connectivity index (χ3v) is 4.46. The lowest BCUT2D eigenvalue weighted by Crippen LogP contribution is -2.52. The first-order chi connectivity index (χ1) is 10.1. The van der Waals surface area contributed by atoms with Crippen LogP contribution in [-0.2, 0) is 11.3 Å². The van der Waals surface area contributed by atoms with Gasteiger partial charge in [0.2, 0.25) is 0 Å². The molecular weight excluding hydrogens is 282 g/mol. The smallest absolute Gasteiger partial charge is 0.0633 e. The van der Waals surface area contributed by atoms with E-state index in [2.05, 4.69) is 53.7 Å². The fourth-order valence-corrected chi connectivity index (χ4v) is 3.29. The van der Waals surface area contributed by atoms with Gasteiger partial charge in [0.25, 0.3) is 0 Å². The summed E-state index contributed by atoms with van der Waals surface area (Å²) in [5.74, 6) is 0. The summed E-state index contributed by atoms with van der Waals surface area (Å²) in [5, 5.41) is 3.52. The summed E-state index contributed by atoms with van der Waals surface area (Å²) in [5.41, 5.74) is 2.77. The van der Waals surface area contributed by atoms with Gasteiger partial charge >= 0.3 is 0 Å². The fourth-order valence-electron chi connectivity index (χ4n) is 2.82. The summed E-state index contributed by atoms with van der Waals surface area (Å²) < 4.78 is 5.30. The second-order valence-electron chi connectivity index (χ2n) is 5.78. The molecule has 1 unspecified atom stereocenters. The normalized spacial score (nSPS) is 19.3. The molecule has 1 N–H and O–H groups in total. The second kappa shape index (κ2) is 8.03. The Labute approximate surface area is 132 Å². The molecule has 0 aromatic heterocycles. The number of hydrogen-bond acceptors (Lipinski definition) is 5. The Morgan fingerprint density at radius 1 is 1.43 bits per heavy atom. The Balaban J connectivity index is 2.20. The number of thioether (sulfide) groups is 1. The molecule has 0 spiro atoms. The predicted octanol–water partition coefficient (Wildman–Crippen LogP) is 1.89. The molecule has 4 nitrogen and oxygen atoms in total. The van der Waals surface area contributed by atoms with E-state index >= 15 is 0 Å². The van der Waals surface area contributed by atoms with Crippen molar-refractivity contribution in [3.05, 3.63) is 23.8 Å². The van der Waals surface area contributed by atoms with E-state index in [0.717, 1.165) is 32.8 Å². The van der Waals surface area contributed by atoms with E-state index in [9.17, 15) is 0 Å². The Morgan fingerprint density at radius 2 is 2.24 bits per heavy atom. The third kappa shape index (κ3) is 4.61. The number of nitrogens with one attached hydrogen (secondary N) is 1. The number of methoxy groups -OCH3 is 1. The molecule has 1 aliphatic heterocycles. The average molecular weight is 309 g/mol. The lowest BCUT2D eigenvalue weighted by molar-refractivity contribution is 0.163. The van der Waals surface area contributed by atoms with Gasteiger partial charge in [-0.1, -0.05) is 0 Å². The molecule has 0 saturated carbocycles. The number of piperazine rings is 1. The quantitative estimate of drug-likeness (QED) is 0.810. The molecule has 1 saturated heterocycles. The molecule has 0 radical (unpaired) electrons. The summed E-state index contributed by atoms with van der Waals surface area (Å²) in [6.07, 6.45) is 2.13. The van der Waals surface area contributed by atoms with Crippen molar-refractivity contribution in [3.8, 4) is 0 Å². The van der Waals surface area contributed by atoms with Crippen molar-refractivity contribution in [1.29, 1.82) is 0 Å². The predicted molar refractivity (Wildman–Crippen MR) is 91.5 cm³/mol. The molecule has 1 aliphatic rings. The molecular formula is C16H27N3OS. The molecule has 1 fully saturated rings. The van der Waals surface area contributed by atoms with Gasteiger partial charge in [-0.15, -0.1) is 11.8 Å². The van der Waals surface area contributed by atoms with Gasteiger partial charge in [-0.2, -0.15) is 0 Å². The molecule has 1 atom stereocenters. The number of rotatable bonds is 6. The van der Waals surface area contributed by atoms with E-state index in [1.54, 1.807) is 18.9 Å². The van der Waals surface area contributed by atoms with Crippen molar-refractivity contribution in [2.45, 2.75) is 17.5 Å². The lowest BCUT2D eigenvalue weighted by atomic mass is 10.1. The highest BCUT2D eigenvalue weighted by atomic mass is 32.2. The summed E-state index contributed by atoms with van der Waals surface area (Å²) in [7, 11) is 6.02. The van der Waals surface area contributed by atoms with E-state index in [-0.39, 0.29) is 0 Å². The third-order valence-electron chi connectivity index (χ3n) is 3.74. The van der Waals surface area contributed by atoms with Crippen LogP contribution in [0.2, 0.25) is 0 Å². The Kier molecular flexibility index (Phi) is 6.36. The van der Waals surface area contributed by atoms with Gasteiger partial charge in [0.1, 0.15) is 0 Å². The minimum absolute atomic E-state index is 0.413. The summed E-state index contributed by atoms with van der Waals surface area (Å²) in [6, 6.07) is 7.25. The zero-order chi connectivity index (χ0) is 15.2. The van der Waals surface area contributed by atoms with Crippen LogP contribution in [0.5, 0.6) is 0 Å². The summed E-state index contributed by atoms with van der Waals surface area (Å²) in [4.78, 5) is 6.06. The molecule has 2 rings (SSSR count). The number of benzene rings is 1.